The first-order chi connectivity index (χ1) is 29.2. The minimum absolute atomic E-state index is 0.126. The van der Waals surface area contributed by atoms with E-state index in [0.717, 1.165) is 27.6 Å². The zero-order valence-corrected chi connectivity index (χ0v) is 35.1. The summed E-state index contributed by atoms with van der Waals surface area (Å²) in [6.45, 7) is 9.74. The van der Waals surface area contributed by atoms with Crippen molar-refractivity contribution in [3.8, 4) is 22.3 Å². The van der Waals surface area contributed by atoms with Crippen molar-refractivity contribution in [2.24, 2.45) is 0 Å². The van der Waals surface area contributed by atoms with Gasteiger partial charge < -0.3 is 9.32 Å². The molecule has 3 aliphatic carbocycles. The fraction of sp³-hybridized carbons (Fsp3) is 0.158. The van der Waals surface area contributed by atoms with Gasteiger partial charge in [-0.3, -0.25) is 0 Å². The van der Waals surface area contributed by atoms with Crippen molar-refractivity contribution in [3.63, 3.8) is 0 Å². The van der Waals surface area contributed by atoms with E-state index in [-0.39, 0.29) is 10.8 Å². The predicted octanol–water partition coefficient (Wildman–Crippen LogP) is 16.1. The molecule has 8 aromatic carbocycles. The number of furan rings is 1. The third-order valence-corrected chi connectivity index (χ3v) is 15.7. The van der Waals surface area contributed by atoms with Crippen molar-refractivity contribution >= 4 is 70.5 Å². The second-order valence-electron chi connectivity index (χ2n) is 18.6. The molecule has 13 rings (SSSR count). The van der Waals surface area contributed by atoms with Crippen molar-refractivity contribution in [2.45, 2.75) is 56.8 Å². The molecule has 1 spiro atoms. The first kappa shape index (κ1) is 34.4. The van der Waals surface area contributed by atoms with Crippen molar-refractivity contribution in [1.82, 2.24) is 0 Å². The third kappa shape index (κ3) is 4.38. The molecule has 0 saturated heterocycles. The maximum atomic E-state index is 6.65. The highest BCUT2D eigenvalue weighted by Crippen LogP contribution is 2.65. The van der Waals surface area contributed by atoms with Crippen LogP contribution in [0.5, 0.6) is 0 Å². The first-order valence-corrected chi connectivity index (χ1v) is 22.2. The molecule has 0 N–H and O–H groups in total. The van der Waals surface area contributed by atoms with Crippen LogP contribution in [0.2, 0.25) is 0 Å². The summed E-state index contributed by atoms with van der Waals surface area (Å²) in [5, 5.41) is 4.94. The Morgan fingerprint density at radius 2 is 1.00 bits per heavy atom. The van der Waals surface area contributed by atoms with Crippen molar-refractivity contribution in [2.75, 3.05) is 4.90 Å². The van der Waals surface area contributed by atoms with E-state index in [1.807, 2.05) is 11.3 Å². The average molecular weight is 790 g/mol. The SMILES string of the molecule is CC1(C)CCC(C)(C)c2cc3c(cc21)sc1c(N(c2ccc4c(c2)oc2ccccc24)c2cccc4c2C2(c5ccccc5-c5ccccc52)c2ccccc2-4)cccc13. The van der Waals surface area contributed by atoms with Crippen LogP contribution in [0.4, 0.5) is 17.1 Å². The molecule has 2 heterocycles. The zero-order chi connectivity index (χ0) is 40.1. The molecular weight excluding hydrogens is 747 g/mol. The van der Waals surface area contributed by atoms with Crippen LogP contribution in [0.1, 0.15) is 73.9 Å². The number of fused-ring (bicyclic) bond motifs is 17. The summed E-state index contributed by atoms with van der Waals surface area (Å²) in [6.07, 6.45) is 2.39. The Morgan fingerprint density at radius 3 is 1.72 bits per heavy atom. The predicted molar refractivity (Wildman–Crippen MR) is 253 cm³/mol. The van der Waals surface area contributed by atoms with Crippen LogP contribution >= 0.6 is 11.3 Å². The Bertz CT molecular complexity index is 3400. The van der Waals surface area contributed by atoms with Gasteiger partial charge in [-0.25, -0.2) is 0 Å². The highest BCUT2D eigenvalue weighted by atomic mass is 32.1. The summed E-state index contributed by atoms with van der Waals surface area (Å²) in [4.78, 5) is 2.56. The fourth-order valence-electron chi connectivity index (χ4n) is 11.6. The molecule has 288 valence electrons. The van der Waals surface area contributed by atoms with E-state index in [1.54, 1.807) is 0 Å². The molecule has 0 amide bonds. The van der Waals surface area contributed by atoms with Gasteiger partial charge in [-0.05, 0) is 116 Å². The maximum absolute atomic E-state index is 6.65. The second-order valence-corrected chi connectivity index (χ2v) is 19.7. The minimum Gasteiger partial charge on any atom is -0.456 e. The number of para-hydroxylation sites is 1. The molecule has 2 nitrogen and oxygen atoms in total. The summed E-state index contributed by atoms with van der Waals surface area (Å²) in [7, 11) is 0. The number of anilines is 3. The van der Waals surface area contributed by atoms with Gasteiger partial charge >= 0.3 is 0 Å². The number of nitrogens with zero attached hydrogens (tertiary/aromatic N) is 1. The minimum atomic E-state index is -0.512. The Hall–Kier alpha value is -6.42. The van der Waals surface area contributed by atoms with Gasteiger partial charge in [-0.1, -0.05) is 143 Å². The highest BCUT2D eigenvalue weighted by Gasteiger charge is 2.53. The average Bonchev–Trinajstić information content (AvgIpc) is 4.00. The van der Waals surface area contributed by atoms with Crippen LogP contribution in [0, 0.1) is 0 Å². The van der Waals surface area contributed by atoms with Gasteiger partial charge in [0.2, 0.25) is 0 Å². The smallest absolute Gasteiger partial charge is 0.137 e. The molecule has 0 aliphatic heterocycles. The van der Waals surface area contributed by atoms with Crippen LogP contribution < -0.4 is 4.90 Å². The lowest BCUT2D eigenvalue weighted by Gasteiger charge is -2.41. The van der Waals surface area contributed by atoms with Crippen LogP contribution in [0.15, 0.2) is 168 Å². The number of thiophene rings is 1. The molecule has 60 heavy (non-hydrogen) atoms. The topological polar surface area (TPSA) is 16.4 Å². The van der Waals surface area contributed by atoms with Crippen molar-refractivity contribution in [1.29, 1.82) is 0 Å². The van der Waals surface area contributed by atoms with Crippen LogP contribution in [0.25, 0.3) is 64.4 Å². The van der Waals surface area contributed by atoms with E-state index in [4.69, 9.17) is 4.42 Å². The van der Waals surface area contributed by atoms with Gasteiger partial charge in [0.1, 0.15) is 11.2 Å². The Labute approximate surface area is 354 Å². The van der Waals surface area contributed by atoms with Gasteiger partial charge in [-0.15, -0.1) is 11.3 Å². The van der Waals surface area contributed by atoms with Crippen LogP contribution in [-0.4, -0.2) is 0 Å². The number of benzene rings is 8. The molecule has 0 bridgehead atoms. The molecule has 3 aliphatic rings. The highest BCUT2D eigenvalue weighted by molar-refractivity contribution is 7.26. The van der Waals surface area contributed by atoms with E-state index in [0.29, 0.717) is 0 Å². The largest absolute Gasteiger partial charge is 0.456 e. The summed E-state index contributed by atoms with van der Waals surface area (Å²) in [5.41, 5.74) is 18.5. The lowest BCUT2D eigenvalue weighted by atomic mass is 9.63. The van der Waals surface area contributed by atoms with Crippen molar-refractivity contribution < 1.29 is 4.42 Å². The van der Waals surface area contributed by atoms with Gasteiger partial charge in [-0.2, -0.15) is 0 Å². The van der Waals surface area contributed by atoms with Crippen LogP contribution in [-0.2, 0) is 16.2 Å². The second kappa shape index (κ2) is 11.9. The van der Waals surface area contributed by atoms with Crippen LogP contribution in [0.3, 0.4) is 0 Å². The molecule has 0 radical (unpaired) electrons. The van der Waals surface area contributed by atoms with E-state index >= 15 is 0 Å². The molecule has 10 aromatic rings. The van der Waals surface area contributed by atoms with Gasteiger partial charge in [0.25, 0.3) is 0 Å². The molecule has 0 unspecified atom stereocenters. The molecule has 0 fully saturated rings. The summed E-state index contributed by atoms with van der Waals surface area (Å²) < 4.78 is 9.30. The Morgan fingerprint density at radius 1 is 0.450 bits per heavy atom. The number of hydrogen-bond donors (Lipinski definition) is 0. The standard InChI is InChI=1S/C57H43NOS/c1-55(2)29-30-56(3,4)47-33-52-42(32-46(47)55)41-20-14-25-49(54(41)60-52)58(34-27-28-39-38-18-8-12-26-50(38)59-51(39)31-34)48-24-13-19-40-37-17-7-11-23-45(37)57(53(40)48)43-21-9-5-15-35(43)36-16-6-10-22-44(36)57/h5-28,31-33H,29-30H2,1-4H3. The number of hydrogen-bond acceptors (Lipinski definition) is 3. The van der Waals surface area contributed by atoms with E-state index < -0.39 is 5.41 Å². The normalized spacial score (nSPS) is 16.3. The number of rotatable bonds is 3. The summed E-state index contributed by atoms with van der Waals surface area (Å²) >= 11 is 1.94. The summed E-state index contributed by atoms with van der Waals surface area (Å²) in [5.74, 6) is 0. The van der Waals surface area contributed by atoms with E-state index in [1.165, 1.54) is 100 Å². The van der Waals surface area contributed by atoms with Crippen molar-refractivity contribution in [3.05, 3.63) is 197 Å². The summed E-state index contributed by atoms with van der Waals surface area (Å²) in [6, 6.07) is 61.7. The maximum Gasteiger partial charge on any atom is 0.137 e. The Balaban J connectivity index is 1.15. The lowest BCUT2D eigenvalue weighted by Crippen LogP contribution is -2.33. The molecular formula is C57H43NOS. The monoisotopic (exact) mass is 789 g/mol. The Kier molecular flexibility index (Phi) is 6.81. The molecule has 0 saturated carbocycles. The molecule has 3 heteroatoms. The molecule has 0 atom stereocenters. The van der Waals surface area contributed by atoms with Gasteiger partial charge in [0.15, 0.2) is 0 Å². The van der Waals surface area contributed by atoms with Gasteiger partial charge in [0.05, 0.1) is 21.5 Å². The quantitative estimate of drug-likeness (QED) is 0.177. The van der Waals surface area contributed by atoms with Gasteiger partial charge in [0, 0.05) is 43.6 Å². The molecule has 2 aromatic heterocycles. The van der Waals surface area contributed by atoms with E-state index in [9.17, 15) is 0 Å². The first-order valence-electron chi connectivity index (χ1n) is 21.4. The zero-order valence-electron chi connectivity index (χ0n) is 34.3. The third-order valence-electron chi connectivity index (χ3n) is 14.5. The fourth-order valence-corrected chi connectivity index (χ4v) is 12.8. The van der Waals surface area contributed by atoms with E-state index in [2.05, 4.69) is 196 Å². The lowest BCUT2D eigenvalue weighted by molar-refractivity contribution is 0.332.